The van der Waals surface area contributed by atoms with Crippen molar-refractivity contribution >= 4 is 17.2 Å². The van der Waals surface area contributed by atoms with E-state index in [1.807, 2.05) is 5.38 Å². The number of hydrogen-bond donors (Lipinski definition) is 1. The van der Waals surface area contributed by atoms with E-state index in [1.54, 1.807) is 17.5 Å². The topological polar surface area (TPSA) is 63.7 Å². The molecule has 1 aromatic heterocycles. The zero-order valence-electron chi connectivity index (χ0n) is 14.1. The quantitative estimate of drug-likeness (QED) is 0.897. The number of nitrogens with one attached hydrogen (secondary N) is 1. The number of rotatable bonds is 3. The van der Waals surface area contributed by atoms with Crippen LogP contribution < -0.4 is 5.32 Å². The molecule has 1 N–H and O–H groups in total. The Morgan fingerprint density at radius 1 is 1.50 bits per heavy atom. The zero-order valence-corrected chi connectivity index (χ0v) is 14.9. The Morgan fingerprint density at radius 2 is 2.33 bits per heavy atom. The summed E-state index contributed by atoms with van der Waals surface area (Å²) in [5.41, 5.74) is 0. The molecule has 3 atom stereocenters. The van der Waals surface area contributed by atoms with E-state index >= 15 is 0 Å². The van der Waals surface area contributed by atoms with Gasteiger partial charge in [-0.25, -0.2) is 4.98 Å². The zero-order chi connectivity index (χ0) is 16.6. The number of nitrogens with zero attached hydrogens (tertiary/aromatic N) is 2. The van der Waals surface area contributed by atoms with Gasteiger partial charge in [-0.1, -0.05) is 0 Å². The first-order chi connectivity index (χ1) is 11.7. The van der Waals surface area contributed by atoms with E-state index in [2.05, 4.69) is 22.2 Å². The van der Waals surface area contributed by atoms with Gasteiger partial charge in [0.1, 0.15) is 5.01 Å². The van der Waals surface area contributed by atoms with Gasteiger partial charge in [-0.3, -0.25) is 4.79 Å². The van der Waals surface area contributed by atoms with Crippen molar-refractivity contribution < 1.29 is 14.3 Å². The maximum absolute atomic E-state index is 12.6. The van der Waals surface area contributed by atoms with Gasteiger partial charge >= 0.3 is 0 Å². The van der Waals surface area contributed by atoms with E-state index in [0.29, 0.717) is 31.7 Å². The first-order valence-electron chi connectivity index (χ1n) is 8.79. The van der Waals surface area contributed by atoms with Gasteiger partial charge in [-0.05, 0) is 25.8 Å². The molecule has 0 unspecified atom stereocenters. The fraction of sp³-hybridized carbons (Fsp3) is 0.765. The number of hydrogen-bond acceptors (Lipinski definition) is 6. The van der Waals surface area contributed by atoms with E-state index < -0.39 is 0 Å². The molecule has 7 heteroatoms. The molecule has 1 aliphatic carbocycles. The summed E-state index contributed by atoms with van der Waals surface area (Å²) < 4.78 is 11.8. The summed E-state index contributed by atoms with van der Waals surface area (Å²) in [6.45, 7) is 2.76. The van der Waals surface area contributed by atoms with Gasteiger partial charge in [-0.15, -0.1) is 11.3 Å². The van der Waals surface area contributed by atoms with Gasteiger partial charge in [0.2, 0.25) is 5.91 Å². The van der Waals surface area contributed by atoms with E-state index in [0.717, 1.165) is 37.2 Å². The third kappa shape index (κ3) is 3.22. The SMILES string of the molecule is CN1C[C@H](C(=O)NCc2nccs2)C[C@@H]2CC3(CC[C@H]21)OCCO3. The molecular weight excluding hydrogens is 326 g/mol. The molecule has 2 saturated heterocycles. The molecule has 3 aliphatic rings. The molecule has 1 aromatic rings. The van der Waals surface area contributed by atoms with Crippen LogP contribution in [0.1, 0.15) is 30.7 Å². The van der Waals surface area contributed by atoms with Crippen LogP contribution in [0.3, 0.4) is 0 Å². The number of amides is 1. The molecule has 6 nitrogen and oxygen atoms in total. The lowest BCUT2D eigenvalue weighted by Gasteiger charge is -2.49. The van der Waals surface area contributed by atoms with Crippen molar-refractivity contribution in [2.24, 2.45) is 11.8 Å². The number of ether oxygens (including phenoxy) is 2. The minimum atomic E-state index is -0.374. The predicted molar refractivity (Wildman–Crippen MR) is 90.5 cm³/mol. The Bertz CT molecular complexity index is 574. The van der Waals surface area contributed by atoms with Crippen LogP contribution in [0.15, 0.2) is 11.6 Å². The van der Waals surface area contributed by atoms with Gasteiger partial charge < -0.3 is 19.7 Å². The molecule has 0 aromatic carbocycles. The van der Waals surface area contributed by atoms with Crippen molar-refractivity contribution in [1.29, 1.82) is 0 Å². The summed E-state index contributed by atoms with van der Waals surface area (Å²) in [6.07, 6.45) is 5.67. The van der Waals surface area contributed by atoms with Crippen LogP contribution in [0, 0.1) is 11.8 Å². The standard InChI is InChI=1S/C17H25N3O3S/c1-20-11-13(16(21)19-10-15-18-4-7-24-15)8-12-9-17(3-2-14(12)20)22-5-6-23-17/h4,7,12-14H,2-3,5-6,8-11H2,1H3,(H,19,21)/t12-,13-,14-/m1/s1. The van der Waals surface area contributed by atoms with Crippen LogP contribution in [0.2, 0.25) is 0 Å². The van der Waals surface area contributed by atoms with Crippen LogP contribution in [-0.4, -0.2) is 54.4 Å². The van der Waals surface area contributed by atoms with E-state index in [-0.39, 0.29) is 17.6 Å². The first-order valence-corrected chi connectivity index (χ1v) is 9.67. The molecule has 24 heavy (non-hydrogen) atoms. The molecule has 4 rings (SSSR count). The maximum atomic E-state index is 12.6. The highest BCUT2D eigenvalue weighted by molar-refractivity contribution is 7.09. The lowest BCUT2D eigenvalue weighted by Crippen LogP contribution is -2.55. The second kappa shape index (κ2) is 6.71. The Balaban J connectivity index is 1.38. The molecular formula is C17H25N3O3S. The highest BCUT2D eigenvalue weighted by atomic mass is 32.1. The fourth-order valence-corrected chi connectivity index (χ4v) is 5.14. The fourth-order valence-electron chi connectivity index (χ4n) is 4.58. The Kier molecular flexibility index (Phi) is 4.60. The summed E-state index contributed by atoms with van der Waals surface area (Å²) >= 11 is 1.57. The van der Waals surface area contributed by atoms with Crippen molar-refractivity contribution in [2.45, 2.75) is 44.1 Å². The highest BCUT2D eigenvalue weighted by Gasteiger charge is 2.49. The number of piperidine rings is 1. The summed E-state index contributed by atoms with van der Waals surface area (Å²) in [6, 6.07) is 0.548. The van der Waals surface area contributed by atoms with E-state index in [1.165, 1.54) is 0 Å². The molecule has 1 saturated carbocycles. The average molecular weight is 351 g/mol. The number of aromatic nitrogens is 1. The molecule has 0 radical (unpaired) electrons. The number of likely N-dealkylation sites (tertiary alicyclic amines) is 1. The summed E-state index contributed by atoms with van der Waals surface area (Å²) in [5.74, 6) is 0.267. The van der Waals surface area contributed by atoms with Crippen molar-refractivity contribution in [1.82, 2.24) is 15.2 Å². The number of fused-ring (bicyclic) bond motifs is 1. The summed E-state index contributed by atoms with van der Waals surface area (Å²) in [5, 5.41) is 5.94. The van der Waals surface area contributed by atoms with E-state index in [9.17, 15) is 4.79 Å². The van der Waals surface area contributed by atoms with Crippen LogP contribution >= 0.6 is 11.3 Å². The molecule has 1 spiro atoms. The predicted octanol–water partition coefficient (Wildman–Crippen LogP) is 1.62. The number of carbonyl (C=O) groups is 1. The van der Waals surface area contributed by atoms with Crippen molar-refractivity contribution in [2.75, 3.05) is 26.8 Å². The molecule has 132 valence electrons. The Hall–Kier alpha value is -1.02. The minimum absolute atomic E-state index is 0.0350. The maximum Gasteiger partial charge on any atom is 0.224 e. The lowest BCUT2D eigenvalue weighted by atomic mass is 9.72. The van der Waals surface area contributed by atoms with Crippen molar-refractivity contribution in [3.8, 4) is 0 Å². The smallest absolute Gasteiger partial charge is 0.224 e. The molecule has 1 amide bonds. The van der Waals surface area contributed by atoms with Crippen molar-refractivity contribution in [3.63, 3.8) is 0 Å². The molecule has 3 fully saturated rings. The van der Waals surface area contributed by atoms with Crippen LogP contribution in [0.4, 0.5) is 0 Å². The molecule has 0 bridgehead atoms. The lowest BCUT2D eigenvalue weighted by molar-refractivity contribution is -0.202. The number of thiazole rings is 1. The highest BCUT2D eigenvalue weighted by Crippen LogP contribution is 2.44. The van der Waals surface area contributed by atoms with Gasteiger partial charge in [0, 0.05) is 37.0 Å². The van der Waals surface area contributed by atoms with E-state index in [4.69, 9.17) is 9.47 Å². The second-order valence-electron chi connectivity index (χ2n) is 7.19. The van der Waals surface area contributed by atoms with Crippen LogP contribution in [0.25, 0.3) is 0 Å². The van der Waals surface area contributed by atoms with Gasteiger partial charge in [0.05, 0.1) is 25.7 Å². The summed E-state index contributed by atoms with van der Waals surface area (Å²) in [7, 11) is 2.15. The van der Waals surface area contributed by atoms with Gasteiger partial charge in [0.15, 0.2) is 5.79 Å². The normalized spacial score (nSPS) is 32.6. The van der Waals surface area contributed by atoms with Crippen LogP contribution in [0.5, 0.6) is 0 Å². The largest absolute Gasteiger partial charge is 0.349 e. The second-order valence-corrected chi connectivity index (χ2v) is 8.17. The third-order valence-corrected chi connectivity index (χ3v) is 6.46. The Morgan fingerprint density at radius 3 is 3.08 bits per heavy atom. The minimum Gasteiger partial charge on any atom is -0.349 e. The van der Waals surface area contributed by atoms with Crippen molar-refractivity contribution in [3.05, 3.63) is 16.6 Å². The Labute approximate surface area is 146 Å². The first kappa shape index (κ1) is 16.4. The monoisotopic (exact) mass is 351 g/mol. The summed E-state index contributed by atoms with van der Waals surface area (Å²) in [4.78, 5) is 19.2. The average Bonchev–Trinajstić information content (AvgIpc) is 3.24. The van der Waals surface area contributed by atoms with Gasteiger partial charge in [-0.2, -0.15) is 0 Å². The van der Waals surface area contributed by atoms with Gasteiger partial charge in [0.25, 0.3) is 0 Å². The number of carbonyl (C=O) groups excluding carboxylic acids is 1. The third-order valence-electron chi connectivity index (χ3n) is 5.68. The molecule has 3 heterocycles. The van der Waals surface area contributed by atoms with Crippen LogP contribution in [-0.2, 0) is 20.8 Å². The molecule has 2 aliphatic heterocycles.